The van der Waals surface area contributed by atoms with Gasteiger partial charge in [0.2, 0.25) is 0 Å². The molecule has 1 N–H and O–H groups in total. The van der Waals surface area contributed by atoms with Crippen molar-refractivity contribution in [3.05, 3.63) is 59.2 Å². The molecule has 0 bridgehead atoms. The van der Waals surface area contributed by atoms with E-state index < -0.39 is 0 Å². The monoisotopic (exact) mass is 325 g/mol. The van der Waals surface area contributed by atoms with Crippen molar-refractivity contribution in [1.82, 2.24) is 5.32 Å². The molecule has 0 saturated heterocycles. The number of benzene rings is 2. The van der Waals surface area contributed by atoms with E-state index in [0.29, 0.717) is 6.54 Å². The molecule has 0 spiro atoms. The minimum Gasteiger partial charge on any atom is -0.497 e. The molecule has 4 nitrogen and oxygen atoms in total. The summed E-state index contributed by atoms with van der Waals surface area (Å²) in [6.45, 7) is 0.519. The number of aryl methyl sites for hydroxylation is 2. The zero-order valence-corrected chi connectivity index (χ0v) is 14.0. The van der Waals surface area contributed by atoms with Crippen LogP contribution in [0.5, 0.6) is 11.5 Å². The van der Waals surface area contributed by atoms with Crippen molar-refractivity contribution in [3.8, 4) is 11.5 Å². The van der Waals surface area contributed by atoms with Crippen LogP contribution in [0, 0.1) is 0 Å². The second kappa shape index (κ2) is 7.86. The van der Waals surface area contributed by atoms with Crippen molar-refractivity contribution < 1.29 is 14.3 Å². The SMILES string of the molecule is COc1ccc(CNC(=O)COc2ccc3c(c2)CCCC3)cc1. The molecule has 24 heavy (non-hydrogen) atoms. The van der Waals surface area contributed by atoms with E-state index in [1.165, 1.54) is 24.0 Å². The number of hydrogen-bond donors (Lipinski definition) is 1. The summed E-state index contributed by atoms with van der Waals surface area (Å²) >= 11 is 0. The van der Waals surface area contributed by atoms with Crippen LogP contribution in [0.2, 0.25) is 0 Å². The molecule has 1 amide bonds. The molecule has 0 heterocycles. The maximum Gasteiger partial charge on any atom is 0.258 e. The Labute approximate surface area is 142 Å². The molecule has 2 aromatic rings. The number of carbonyl (C=O) groups is 1. The quantitative estimate of drug-likeness (QED) is 0.887. The average Bonchev–Trinajstić information content (AvgIpc) is 2.65. The Balaban J connectivity index is 1.46. The summed E-state index contributed by atoms with van der Waals surface area (Å²) in [7, 11) is 1.63. The van der Waals surface area contributed by atoms with E-state index in [-0.39, 0.29) is 12.5 Å². The van der Waals surface area contributed by atoms with Crippen LogP contribution in [0.4, 0.5) is 0 Å². The lowest BCUT2D eigenvalue weighted by molar-refractivity contribution is -0.123. The van der Waals surface area contributed by atoms with E-state index in [0.717, 1.165) is 29.9 Å². The molecule has 2 aromatic carbocycles. The van der Waals surface area contributed by atoms with Gasteiger partial charge in [-0.05, 0) is 66.6 Å². The molecule has 0 aliphatic heterocycles. The summed E-state index contributed by atoms with van der Waals surface area (Å²) in [4.78, 5) is 11.9. The first-order valence-electron chi connectivity index (χ1n) is 8.39. The van der Waals surface area contributed by atoms with E-state index in [1.807, 2.05) is 30.3 Å². The molecule has 1 aliphatic carbocycles. The molecule has 126 valence electrons. The van der Waals surface area contributed by atoms with Crippen LogP contribution in [0.15, 0.2) is 42.5 Å². The lowest BCUT2D eigenvalue weighted by Gasteiger charge is -2.16. The summed E-state index contributed by atoms with van der Waals surface area (Å²) in [6, 6.07) is 13.8. The number of carbonyl (C=O) groups excluding carboxylic acids is 1. The summed E-state index contributed by atoms with van der Waals surface area (Å²) < 4.78 is 10.7. The lowest BCUT2D eigenvalue weighted by atomic mass is 9.92. The van der Waals surface area contributed by atoms with Crippen molar-refractivity contribution in [3.63, 3.8) is 0 Å². The van der Waals surface area contributed by atoms with Crippen LogP contribution in [-0.4, -0.2) is 19.6 Å². The largest absolute Gasteiger partial charge is 0.497 e. The Morgan fingerprint density at radius 1 is 1.00 bits per heavy atom. The van der Waals surface area contributed by atoms with E-state index >= 15 is 0 Å². The van der Waals surface area contributed by atoms with Crippen molar-refractivity contribution in [2.45, 2.75) is 32.2 Å². The van der Waals surface area contributed by atoms with Gasteiger partial charge in [-0.1, -0.05) is 18.2 Å². The topological polar surface area (TPSA) is 47.6 Å². The molecule has 4 heteroatoms. The van der Waals surface area contributed by atoms with E-state index in [2.05, 4.69) is 17.4 Å². The van der Waals surface area contributed by atoms with E-state index in [9.17, 15) is 4.79 Å². The fourth-order valence-electron chi connectivity index (χ4n) is 2.94. The zero-order chi connectivity index (χ0) is 16.8. The van der Waals surface area contributed by atoms with Gasteiger partial charge in [-0.2, -0.15) is 0 Å². The molecule has 3 rings (SSSR count). The Kier molecular flexibility index (Phi) is 5.36. The smallest absolute Gasteiger partial charge is 0.258 e. The Bertz CT molecular complexity index is 695. The fourth-order valence-corrected chi connectivity index (χ4v) is 2.94. The van der Waals surface area contributed by atoms with Crippen molar-refractivity contribution in [1.29, 1.82) is 0 Å². The summed E-state index contributed by atoms with van der Waals surface area (Å²) in [6.07, 6.45) is 4.76. The first-order valence-corrected chi connectivity index (χ1v) is 8.39. The zero-order valence-electron chi connectivity index (χ0n) is 14.0. The number of fused-ring (bicyclic) bond motifs is 1. The second-order valence-electron chi connectivity index (χ2n) is 6.05. The molecule has 1 aliphatic rings. The highest BCUT2D eigenvalue weighted by Gasteiger charge is 2.10. The number of methoxy groups -OCH3 is 1. The molecule has 0 unspecified atom stereocenters. The highest BCUT2D eigenvalue weighted by atomic mass is 16.5. The van der Waals surface area contributed by atoms with Crippen LogP contribution >= 0.6 is 0 Å². The second-order valence-corrected chi connectivity index (χ2v) is 6.05. The Hall–Kier alpha value is -2.49. The van der Waals surface area contributed by atoms with Crippen LogP contribution < -0.4 is 14.8 Å². The highest BCUT2D eigenvalue weighted by molar-refractivity contribution is 5.77. The van der Waals surface area contributed by atoms with Crippen molar-refractivity contribution >= 4 is 5.91 Å². The molecule has 0 atom stereocenters. The molecule has 0 aromatic heterocycles. The van der Waals surface area contributed by atoms with Crippen LogP contribution in [0.25, 0.3) is 0 Å². The standard InChI is InChI=1S/C20H23NO3/c1-23-18-9-6-15(7-10-18)13-21-20(22)14-24-19-11-8-16-4-2-3-5-17(16)12-19/h6-12H,2-5,13-14H2,1H3,(H,21,22). The molecular weight excluding hydrogens is 302 g/mol. The van der Waals surface area contributed by atoms with Crippen LogP contribution in [0.3, 0.4) is 0 Å². The Morgan fingerprint density at radius 2 is 1.71 bits per heavy atom. The Morgan fingerprint density at radius 3 is 2.46 bits per heavy atom. The van der Waals surface area contributed by atoms with Gasteiger partial charge in [0.1, 0.15) is 11.5 Å². The van der Waals surface area contributed by atoms with Gasteiger partial charge < -0.3 is 14.8 Å². The predicted molar refractivity (Wildman–Crippen MR) is 93.4 cm³/mol. The van der Waals surface area contributed by atoms with Gasteiger partial charge in [0.15, 0.2) is 6.61 Å². The van der Waals surface area contributed by atoms with E-state index in [1.54, 1.807) is 7.11 Å². The number of hydrogen-bond acceptors (Lipinski definition) is 3. The number of amides is 1. The third-order valence-corrected chi connectivity index (χ3v) is 4.34. The maximum absolute atomic E-state index is 11.9. The van der Waals surface area contributed by atoms with Gasteiger partial charge in [0.05, 0.1) is 7.11 Å². The van der Waals surface area contributed by atoms with Gasteiger partial charge in [-0.3, -0.25) is 4.79 Å². The molecular formula is C20H23NO3. The van der Waals surface area contributed by atoms with Gasteiger partial charge in [0.25, 0.3) is 5.91 Å². The van der Waals surface area contributed by atoms with Gasteiger partial charge in [-0.25, -0.2) is 0 Å². The predicted octanol–water partition coefficient (Wildman–Crippen LogP) is 3.27. The van der Waals surface area contributed by atoms with Gasteiger partial charge >= 0.3 is 0 Å². The van der Waals surface area contributed by atoms with Crippen LogP contribution in [0.1, 0.15) is 29.5 Å². The number of rotatable bonds is 6. The van der Waals surface area contributed by atoms with Gasteiger partial charge in [0, 0.05) is 6.54 Å². The summed E-state index contributed by atoms with van der Waals surface area (Å²) in [5.41, 5.74) is 3.80. The molecule has 0 radical (unpaired) electrons. The first kappa shape index (κ1) is 16.4. The van der Waals surface area contributed by atoms with Crippen LogP contribution in [-0.2, 0) is 24.2 Å². The molecule has 0 saturated carbocycles. The highest BCUT2D eigenvalue weighted by Crippen LogP contribution is 2.25. The first-order chi connectivity index (χ1) is 11.7. The van der Waals surface area contributed by atoms with Crippen molar-refractivity contribution in [2.24, 2.45) is 0 Å². The normalized spacial score (nSPS) is 13.0. The fraction of sp³-hybridized carbons (Fsp3) is 0.350. The van der Waals surface area contributed by atoms with Gasteiger partial charge in [-0.15, -0.1) is 0 Å². The third kappa shape index (κ3) is 4.28. The minimum absolute atomic E-state index is 0.0366. The average molecular weight is 325 g/mol. The maximum atomic E-state index is 11.9. The number of ether oxygens (including phenoxy) is 2. The summed E-state index contributed by atoms with van der Waals surface area (Å²) in [5, 5.41) is 2.86. The minimum atomic E-state index is -0.122. The van der Waals surface area contributed by atoms with Crippen molar-refractivity contribution in [2.75, 3.05) is 13.7 Å². The third-order valence-electron chi connectivity index (χ3n) is 4.34. The summed E-state index contributed by atoms with van der Waals surface area (Å²) in [5.74, 6) is 1.46. The van der Waals surface area contributed by atoms with E-state index in [4.69, 9.17) is 9.47 Å². The number of nitrogens with one attached hydrogen (secondary N) is 1. The lowest BCUT2D eigenvalue weighted by Crippen LogP contribution is -2.28. The molecule has 0 fully saturated rings.